The molecule has 2 atom stereocenters. The molecule has 2 rings (SSSR count). The van der Waals surface area contributed by atoms with Crippen molar-refractivity contribution >= 4 is 30.3 Å². The summed E-state index contributed by atoms with van der Waals surface area (Å²) in [6, 6.07) is 16.7. The third kappa shape index (κ3) is 9.80. The Bertz CT molecular complexity index is 836. The molecule has 2 aromatic carbocycles. The zero-order valence-corrected chi connectivity index (χ0v) is 18.7. The van der Waals surface area contributed by atoms with E-state index in [9.17, 15) is 14.4 Å². The van der Waals surface area contributed by atoms with E-state index < -0.39 is 30.0 Å². The van der Waals surface area contributed by atoms with Crippen LogP contribution >= 0.6 is 12.4 Å². The van der Waals surface area contributed by atoms with Gasteiger partial charge in [-0.2, -0.15) is 0 Å². The van der Waals surface area contributed by atoms with Gasteiger partial charge >= 0.3 is 6.09 Å². The number of halogens is 1. The van der Waals surface area contributed by atoms with E-state index in [0.717, 1.165) is 11.1 Å². The number of alkyl carbamates (subject to hydrolysis) is 1. The van der Waals surface area contributed by atoms with Crippen molar-refractivity contribution in [3.8, 4) is 0 Å². The van der Waals surface area contributed by atoms with Crippen molar-refractivity contribution in [2.75, 3.05) is 6.54 Å². The summed E-state index contributed by atoms with van der Waals surface area (Å²) in [7, 11) is 0. The Balaban J connectivity index is 0.00000512. The van der Waals surface area contributed by atoms with Crippen molar-refractivity contribution in [1.29, 1.82) is 0 Å². The van der Waals surface area contributed by atoms with E-state index in [-0.39, 0.29) is 25.4 Å². The summed E-state index contributed by atoms with van der Waals surface area (Å²) < 4.78 is 5.22. The topological polar surface area (TPSA) is 137 Å². The maximum atomic E-state index is 12.8. The van der Waals surface area contributed by atoms with Crippen LogP contribution in [0, 0.1) is 0 Å². The number of hydrogen-bond donors (Lipinski definition) is 4. The number of benzene rings is 2. The highest BCUT2D eigenvalue weighted by molar-refractivity contribution is 5.90. The summed E-state index contributed by atoms with van der Waals surface area (Å²) in [5, 5.41) is 5.24. The van der Waals surface area contributed by atoms with Crippen LogP contribution in [0.2, 0.25) is 0 Å². The zero-order valence-electron chi connectivity index (χ0n) is 17.9. The molecule has 6 N–H and O–H groups in total. The Morgan fingerprint density at radius 3 is 2.00 bits per heavy atom. The predicted molar refractivity (Wildman–Crippen MR) is 125 cm³/mol. The number of carbonyl (C=O) groups is 3. The van der Waals surface area contributed by atoms with E-state index in [0.29, 0.717) is 25.8 Å². The van der Waals surface area contributed by atoms with E-state index in [1.165, 1.54) is 0 Å². The molecule has 0 aromatic heterocycles. The van der Waals surface area contributed by atoms with Gasteiger partial charge in [0.25, 0.3) is 0 Å². The number of hydrogen-bond acceptors (Lipinski definition) is 5. The smallest absolute Gasteiger partial charge is 0.408 e. The fourth-order valence-electron chi connectivity index (χ4n) is 3.01. The Hall–Kier alpha value is -3.10. The third-order valence-electron chi connectivity index (χ3n) is 4.71. The largest absolute Gasteiger partial charge is 0.445 e. The standard InChI is InChI=1S/C23H30N4O4.ClH/c24-14-8-7-13-19(27-23(30)31-16-18-11-5-2-6-12-18)22(29)26-20(21(25)28)15-17-9-3-1-4-10-17;/h1-6,9-12,19-20H,7-8,13-16,24H2,(H2,25,28)(H,26,29)(H,27,30);1H/t19-,20-;/m0./s1. The molecule has 0 aliphatic heterocycles. The summed E-state index contributed by atoms with van der Waals surface area (Å²) in [6.07, 6.45) is 1.24. The molecule has 0 saturated carbocycles. The van der Waals surface area contributed by atoms with Crippen molar-refractivity contribution < 1.29 is 19.1 Å². The first kappa shape index (κ1) is 26.9. The number of ether oxygens (including phenoxy) is 1. The molecule has 0 spiro atoms. The number of nitrogens with two attached hydrogens (primary N) is 2. The van der Waals surface area contributed by atoms with Crippen molar-refractivity contribution in [3.05, 3.63) is 71.8 Å². The van der Waals surface area contributed by atoms with Crippen molar-refractivity contribution in [1.82, 2.24) is 10.6 Å². The van der Waals surface area contributed by atoms with Crippen molar-refractivity contribution in [2.45, 2.75) is 44.4 Å². The molecule has 0 aliphatic carbocycles. The minimum absolute atomic E-state index is 0. The second-order valence-corrected chi connectivity index (χ2v) is 7.20. The molecule has 2 aromatic rings. The Labute approximate surface area is 194 Å². The summed E-state index contributed by atoms with van der Waals surface area (Å²) in [4.78, 5) is 37.0. The average molecular weight is 463 g/mol. The second-order valence-electron chi connectivity index (χ2n) is 7.20. The van der Waals surface area contributed by atoms with Crippen LogP contribution in [0.25, 0.3) is 0 Å². The normalized spacial score (nSPS) is 12.0. The average Bonchev–Trinajstić information content (AvgIpc) is 2.78. The fourth-order valence-corrected chi connectivity index (χ4v) is 3.01. The molecule has 0 heterocycles. The fraction of sp³-hybridized carbons (Fsp3) is 0.348. The Morgan fingerprint density at radius 2 is 1.44 bits per heavy atom. The summed E-state index contributed by atoms with van der Waals surface area (Å²) in [5.41, 5.74) is 12.7. The SMILES string of the molecule is Cl.NCCCC[C@H](NC(=O)OCc1ccccc1)C(=O)N[C@@H](Cc1ccccc1)C(N)=O. The van der Waals surface area contributed by atoms with Crippen LogP contribution in [0.5, 0.6) is 0 Å². The molecule has 0 fully saturated rings. The van der Waals surface area contributed by atoms with Gasteiger partial charge in [0.15, 0.2) is 0 Å². The highest BCUT2D eigenvalue weighted by Crippen LogP contribution is 2.07. The van der Waals surface area contributed by atoms with Crippen LogP contribution in [0.15, 0.2) is 60.7 Å². The van der Waals surface area contributed by atoms with Gasteiger partial charge in [-0.15, -0.1) is 12.4 Å². The number of rotatable bonds is 12. The van der Waals surface area contributed by atoms with E-state index in [1.807, 2.05) is 60.7 Å². The predicted octanol–water partition coefficient (Wildman–Crippen LogP) is 2.05. The highest BCUT2D eigenvalue weighted by Gasteiger charge is 2.26. The monoisotopic (exact) mass is 462 g/mol. The third-order valence-corrected chi connectivity index (χ3v) is 4.71. The molecule has 3 amide bonds. The molecule has 0 saturated heterocycles. The lowest BCUT2D eigenvalue weighted by Crippen LogP contribution is -2.53. The maximum absolute atomic E-state index is 12.8. The highest BCUT2D eigenvalue weighted by atomic mass is 35.5. The van der Waals surface area contributed by atoms with E-state index >= 15 is 0 Å². The van der Waals surface area contributed by atoms with E-state index in [2.05, 4.69) is 10.6 Å². The molecule has 0 bridgehead atoms. The minimum atomic E-state index is -0.894. The van der Waals surface area contributed by atoms with Gasteiger partial charge in [-0.1, -0.05) is 60.7 Å². The Morgan fingerprint density at radius 1 is 0.844 bits per heavy atom. The first-order chi connectivity index (χ1) is 15.0. The number of carbonyl (C=O) groups excluding carboxylic acids is 3. The number of unbranched alkanes of at least 4 members (excludes halogenated alkanes) is 1. The maximum Gasteiger partial charge on any atom is 0.408 e. The van der Waals surface area contributed by atoms with Crippen LogP contribution in [0.1, 0.15) is 30.4 Å². The van der Waals surface area contributed by atoms with Gasteiger partial charge in [0.1, 0.15) is 18.7 Å². The van der Waals surface area contributed by atoms with Crippen LogP contribution in [-0.2, 0) is 27.4 Å². The lowest BCUT2D eigenvalue weighted by molar-refractivity contribution is -0.128. The summed E-state index contributed by atoms with van der Waals surface area (Å²) in [6.45, 7) is 0.562. The molecule has 32 heavy (non-hydrogen) atoms. The van der Waals surface area contributed by atoms with Crippen LogP contribution in [0.4, 0.5) is 4.79 Å². The quantitative estimate of drug-likeness (QED) is 0.358. The molecule has 0 unspecified atom stereocenters. The lowest BCUT2D eigenvalue weighted by atomic mass is 10.0. The van der Waals surface area contributed by atoms with Crippen LogP contribution in [0.3, 0.4) is 0 Å². The molecule has 8 nitrogen and oxygen atoms in total. The van der Waals surface area contributed by atoms with Gasteiger partial charge in [0, 0.05) is 6.42 Å². The molecule has 0 radical (unpaired) electrons. The van der Waals surface area contributed by atoms with Gasteiger partial charge < -0.3 is 26.8 Å². The first-order valence-electron chi connectivity index (χ1n) is 10.3. The van der Waals surface area contributed by atoms with Crippen LogP contribution < -0.4 is 22.1 Å². The van der Waals surface area contributed by atoms with Gasteiger partial charge in [-0.05, 0) is 36.9 Å². The first-order valence-corrected chi connectivity index (χ1v) is 10.3. The van der Waals surface area contributed by atoms with Gasteiger partial charge in [-0.25, -0.2) is 4.79 Å². The second kappa shape index (κ2) is 14.8. The van der Waals surface area contributed by atoms with Crippen molar-refractivity contribution in [3.63, 3.8) is 0 Å². The summed E-state index contributed by atoms with van der Waals surface area (Å²) in [5.74, 6) is -1.14. The Kier molecular flexibility index (Phi) is 12.5. The zero-order chi connectivity index (χ0) is 22.5. The molecular formula is C23H31ClN4O4. The summed E-state index contributed by atoms with van der Waals surface area (Å²) >= 11 is 0. The molecular weight excluding hydrogens is 432 g/mol. The van der Waals surface area contributed by atoms with Gasteiger partial charge in [-0.3, -0.25) is 9.59 Å². The van der Waals surface area contributed by atoms with E-state index in [1.54, 1.807) is 0 Å². The van der Waals surface area contributed by atoms with Gasteiger partial charge in [0.05, 0.1) is 0 Å². The molecule has 0 aliphatic rings. The lowest BCUT2D eigenvalue weighted by Gasteiger charge is -2.22. The number of primary amides is 1. The van der Waals surface area contributed by atoms with Crippen molar-refractivity contribution in [2.24, 2.45) is 11.5 Å². The molecule has 174 valence electrons. The van der Waals surface area contributed by atoms with E-state index in [4.69, 9.17) is 16.2 Å². The van der Waals surface area contributed by atoms with Gasteiger partial charge in [0.2, 0.25) is 11.8 Å². The number of amides is 3. The van der Waals surface area contributed by atoms with Crippen LogP contribution in [-0.4, -0.2) is 36.5 Å². The molecule has 9 heteroatoms. The number of nitrogens with one attached hydrogen (secondary N) is 2. The minimum Gasteiger partial charge on any atom is -0.445 e.